The molecule has 2 aromatic rings. The molecule has 0 saturated carbocycles. The first-order chi connectivity index (χ1) is 9.43. The Morgan fingerprint density at radius 1 is 1.45 bits per heavy atom. The van der Waals surface area contributed by atoms with Crippen molar-refractivity contribution in [2.45, 2.75) is 26.8 Å². The van der Waals surface area contributed by atoms with Crippen molar-refractivity contribution in [3.63, 3.8) is 0 Å². The van der Waals surface area contributed by atoms with Gasteiger partial charge in [-0.2, -0.15) is 0 Å². The van der Waals surface area contributed by atoms with Crippen molar-refractivity contribution >= 4 is 16.9 Å². The maximum atomic E-state index is 13.2. The molecule has 1 atom stereocenters. The number of benzene rings is 1. The maximum absolute atomic E-state index is 13.2. The number of aryl methyl sites for hydroxylation is 1. The number of hydrogen-bond donors (Lipinski definition) is 2. The summed E-state index contributed by atoms with van der Waals surface area (Å²) >= 11 is 0. The summed E-state index contributed by atoms with van der Waals surface area (Å²) in [6.07, 6.45) is 0. The standard InChI is InChI=1S/C15H18FNO3/c1-8(2)12(7-18)17-15(19)14-9(3)11-6-10(16)4-5-13(11)20-14/h4-6,8,12,18H,7H2,1-3H3,(H,17,19)/t12-/m1/s1. The van der Waals surface area contributed by atoms with E-state index in [1.54, 1.807) is 6.92 Å². The van der Waals surface area contributed by atoms with Crippen molar-refractivity contribution < 1.29 is 18.7 Å². The normalized spacial score (nSPS) is 12.9. The Bertz CT molecular complexity index is 633. The Balaban J connectivity index is 2.33. The lowest BCUT2D eigenvalue weighted by Crippen LogP contribution is -2.41. The zero-order chi connectivity index (χ0) is 14.9. The van der Waals surface area contributed by atoms with Gasteiger partial charge in [-0.25, -0.2) is 4.39 Å². The number of fused-ring (bicyclic) bond motifs is 1. The molecule has 5 heteroatoms. The van der Waals surface area contributed by atoms with Crippen LogP contribution in [0.3, 0.4) is 0 Å². The minimum absolute atomic E-state index is 0.103. The van der Waals surface area contributed by atoms with E-state index >= 15 is 0 Å². The third-order valence-electron chi connectivity index (χ3n) is 3.42. The summed E-state index contributed by atoms with van der Waals surface area (Å²) in [5.74, 6) is -0.508. The van der Waals surface area contributed by atoms with Gasteiger partial charge in [-0.1, -0.05) is 13.8 Å². The molecule has 0 fully saturated rings. The van der Waals surface area contributed by atoms with Gasteiger partial charge in [0.1, 0.15) is 11.4 Å². The van der Waals surface area contributed by atoms with Crippen molar-refractivity contribution in [3.05, 3.63) is 35.3 Å². The molecule has 1 aromatic carbocycles. The van der Waals surface area contributed by atoms with E-state index in [-0.39, 0.29) is 30.1 Å². The van der Waals surface area contributed by atoms with Crippen LogP contribution < -0.4 is 5.32 Å². The molecule has 0 saturated heterocycles. The van der Waals surface area contributed by atoms with E-state index in [0.717, 1.165) is 0 Å². The minimum atomic E-state index is -0.396. The molecule has 108 valence electrons. The molecule has 0 bridgehead atoms. The molecule has 4 nitrogen and oxygen atoms in total. The summed E-state index contributed by atoms with van der Waals surface area (Å²) < 4.78 is 18.7. The van der Waals surface area contributed by atoms with Crippen molar-refractivity contribution in [1.82, 2.24) is 5.32 Å². The van der Waals surface area contributed by atoms with Gasteiger partial charge in [0.05, 0.1) is 12.6 Å². The third kappa shape index (κ3) is 2.67. The van der Waals surface area contributed by atoms with Crippen molar-refractivity contribution in [2.24, 2.45) is 5.92 Å². The average Bonchev–Trinajstić information content (AvgIpc) is 2.73. The van der Waals surface area contributed by atoms with Crippen molar-refractivity contribution in [1.29, 1.82) is 0 Å². The maximum Gasteiger partial charge on any atom is 0.287 e. The van der Waals surface area contributed by atoms with E-state index in [0.29, 0.717) is 16.5 Å². The lowest BCUT2D eigenvalue weighted by atomic mass is 10.1. The summed E-state index contributed by atoms with van der Waals surface area (Å²) in [6.45, 7) is 5.38. The lowest BCUT2D eigenvalue weighted by Gasteiger charge is -2.19. The second-order valence-electron chi connectivity index (χ2n) is 5.20. The molecule has 1 aromatic heterocycles. The number of nitrogens with one attached hydrogen (secondary N) is 1. The van der Waals surface area contributed by atoms with E-state index in [2.05, 4.69) is 5.32 Å². The first-order valence-corrected chi connectivity index (χ1v) is 6.54. The number of aliphatic hydroxyl groups excluding tert-OH is 1. The van der Waals surface area contributed by atoms with E-state index < -0.39 is 5.91 Å². The lowest BCUT2D eigenvalue weighted by molar-refractivity contribution is 0.0870. The highest BCUT2D eigenvalue weighted by molar-refractivity contribution is 5.99. The molecule has 0 spiro atoms. The van der Waals surface area contributed by atoms with Gasteiger partial charge in [0.2, 0.25) is 0 Å². The van der Waals surface area contributed by atoms with Gasteiger partial charge in [0.15, 0.2) is 5.76 Å². The topological polar surface area (TPSA) is 62.5 Å². The van der Waals surface area contributed by atoms with Crippen LogP contribution in [0.1, 0.15) is 30.0 Å². The highest BCUT2D eigenvalue weighted by Crippen LogP contribution is 2.26. The van der Waals surface area contributed by atoms with E-state index in [1.807, 2.05) is 13.8 Å². The Morgan fingerprint density at radius 2 is 2.15 bits per heavy atom. The summed E-state index contributed by atoms with van der Waals surface area (Å²) in [5.41, 5.74) is 1.07. The van der Waals surface area contributed by atoms with E-state index in [4.69, 9.17) is 4.42 Å². The molecule has 1 heterocycles. The molecule has 1 amide bonds. The Labute approximate surface area is 116 Å². The zero-order valence-electron chi connectivity index (χ0n) is 11.7. The number of carbonyl (C=O) groups excluding carboxylic acids is 1. The first kappa shape index (κ1) is 14.5. The Kier molecular flexibility index (Phi) is 4.09. The Hall–Kier alpha value is -1.88. The number of aliphatic hydroxyl groups is 1. The van der Waals surface area contributed by atoms with Gasteiger partial charge in [-0.3, -0.25) is 4.79 Å². The number of hydrogen-bond acceptors (Lipinski definition) is 3. The number of carbonyl (C=O) groups is 1. The summed E-state index contributed by atoms with van der Waals surface area (Å²) in [7, 11) is 0. The largest absolute Gasteiger partial charge is 0.451 e. The number of rotatable bonds is 4. The fraction of sp³-hybridized carbons (Fsp3) is 0.400. The van der Waals surface area contributed by atoms with Crippen molar-refractivity contribution in [2.75, 3.05) is 6.61 Å². The van der Waals surface area contributed by atoms with Crippen molar-refractivity contribution in [3.8, 4) is 0 Å². The van der Waals surface area contributed by atoms with Crippen LogP contribution in [0, 0.1) is 18.7 Å². The van der Waals surface area contributed by atoms with Gasteiger partial charge in [-0.05, 0) is 31.0 Å². The molecule has 20 heavy (non-hydrogen) atoms. The fourth-order valence-corrected chi connectivity index (χ4v) is 2.07. The molecule has 0 radical (unpaired) electrons. The van der Waals surface area contributed by atoms with Crippen LogP contribution in [-0.2, 0) is 0 Å². The highest BCUT2D eigenvalue weighted by Gasteiger charge is 2.22. The minimum Gasteiger partial charge on any atom is -0.451 e. The quantitative estimate of drug-likeness (QED) is 0.904. The number of furan rings is 1. The molecule has 0 aliphatic heterocycles. The molecular weight excluding hydrogens is 261 g/mol. The highest BCUT2D eigenvalue weighted by atomic mass is 19.1. The molecular formula is C15H18FNO3. The average molecular weight is 279 g/mol. The van der Waals surface area contributed by atoms with Crippen LogP contribution in [0.2, 0.25) is 0 Å². The zero-order valence-corrected chi connectivity index (χ0v) is 11.7. The van der Waals surface area contributed by atoms with Gasteiger partial charge in [-0.15, -0.1) is 0 Å². The smallest absolute Gasteiger partial charge is 0.287 e. The van der Waals surface area contributed by atoms with Gasteiger partial charge < -0.3 is 14.8 Å². The SMILES string of the molecule is Cc1c(C(=O)N[C@H](CO)C(C)C)oc2ccc(F)cc12. The first-order valence-electron chi connectivity index (χ1n) is 6.54. The predicted octanol–water partition coefficient (Wildman–Crippen LogP) is 2.63. The second-order valence-corrected chi connectivity index (χ2v) is 5.20. The van der Waals surface area contributed by atoms with Crippen LogP contribution in [-0.4, -0.2) is 23.7 Å². The second kappa shape index (κ2) is 5.63. The monoisotopic (exact) mass is 279 g/mol. The van der Waals surface area contributed by atoms with E-state index in [1.165, 1.54) is 18.2 Å². The van der Waals surface area contributed by atoms with Gasteiger partial charge in [0, 0.05) is 10.9 Å². The number of amides is 1. The van der Waals surface area contributed by atoms with Crippen LogP contribution in [0.5, 0.6) is 0 Å². The van der Waals surface area contributed by atoms with Crippen LogP contribution in [0.25, 0.3) is 11.0 Å². The predicted molar refractivity (Wildman–Crippen MR) is 74.1 cm³/mol. The molecule has 2 N–H and O–H groups in total. The van der Waals surface area contributed by atoms with Crippen LogP contribution in [0.15, 0.2) is 22.6 Å². The summed E-state index contributed by atoms with van der Waals surface area (Å²) in [6, 6.07) is 3.79. The molecule has 0 unspecified atom stereocenters. The molecule has 0 aliphatic rings. The van der Waals surface area contributed by atoms with Crippen LogP contribution >= 0.6 is 0 Å². The third-order valence-corrected chi connectivity index (χ3v) is 3.42. The van der Waals surface area contributed by atoms with Gasteiger partial charge >= 0.3 is 0 Å². The van der Waals surface area contributed by atoms with E-state index in [9.17, 15) is 14.3 Å². The Morgan fingerprint density at radius 3 is 2.75 bits per heavy atom. The van der Waals surface area contributed by atoms with Gasteiger partial charge in [0.25, 0.3) is 5.91 Å². The summed E-state index contributed by atoms with van der Waals surface area (Å²) in [5, 5.41) is 12.5. The molecule has 2 rings (SSSR count). The fourth-order valence-electron chi connectivity index (χ4n) is 2.07. The number of halogens is 1. The summed E-state index contributed by atoms with van der Waals surface area (Å²) in [4.78, 5) is 12.2. The molecule has 0 aliphatic carbocycles. The van der Waals surface area contributed by atoms with Crippen LogP contribution in [0.4, 0.5) is 4.39 Å².